The number of hydrogen-bond acceptors (Lipinski definition) is 27. The van der Waals surface area contributed by atoms with Gasteiger partial charge in [0.25, 0.3) is 29.5 Å². The third-order valence-electron chi connectivity index (χ3n) is 23.1. The fraction of sp³-hybridized carbons (Fsp3) is 0.126. The molecule has 37 nitrogen and oxygen atoms in total. The van der Waals surface area contributed by atoms with E-state index in [1.807, 2.05) is 43.3 Å². The number of fused-ring (bicyclic) bond motifs is 5. The molecule has 5 aromatic carbocycles. The molecule has 0 atom stereocenters. The molecule has 1 aliphatic carbocycles. The number of rotatable bonds is 26. The zero-order valence-corrected chi connectivity index (χ0v) is 83.0. The van der Waals surface area contributed by atoms with Gasteiger partial charge in [-0.15, -0.1) is 0 Å². The molecule has 0 aliphatic heterocycles. The first-order chi connectivity index (χ1) is 71.8. The fourth-order valence-corrected chi connectivity index (χ4v) is 18.7. The van der Waals surface area contributed by atoms with Gasteiger partial charge in [-0.3, -0.25) is 48.9 Å². The number of nitrogens with zero attached hydrogens (tertiary/aromatic N) is 21. The van der Waals surface area contributed by atoms with Gasteiger partial charge in [-0.1, -0.05) is 13.0 Å². The third-order valence-corrected chi connectivity index (χ3v) is 28.3. The maximum atomic E-state index is 13.2. The van der Waals surface area contributed by atoms with Gasteiger partial charge in [0.2, 0.25) is 0 Å². The normalized spacial score (nSPS) is 11.8. The van der Waals surface area contributed by atoms with Crippen LogP contribution in [0.5, 0.6) is 0 Å². The van der Waals surface area contributed by atoms with Crippen molar-refractivity contribution < 1.29 is 71.2 Å². The van der Waals surface area contributed by atoms with Gasteiger partial charge < -0.3 is 31.5 Å². The van der Waals surface area contributed by atoms with Gasteiger partial charge in [-0.2, -0.15) is 25.5 Å². The van der Waals surface area contributed by atoms with Crippen molar-refractivity contribution in [2.24, 2.45) is 0 Å². The predicted octanol–water partition coefficient (Wildman–Crippen LogP) is 14.4. The number of nitrogens with one attached hydrogen (secondary N) is 5. The van der Waals surface area contributed by atoms with E-state index in [1.54, 1.807) is 184 Å². The lowest BCUT2D eigenvalue weighted by atomic mass is 10.1. The summed E-state index contributed by atoms with van der Waals surface area (Å²) in [6.45, 7) is 2.63. The molecule has 0 saturated heterocycles. The molecule has 15 heterocycles. The Balaban J connectivity index is 0.000000127. The van der Waals surface area contributed by atoms with Gasteiger partial charge in [0.05, 0.1) is 157 Å². The molecular weight excluding hydrogens is 2050 g/mol. The van der Waals surface area contributed by atoms with Crippen LogP contribution in [-0.4, -0.2) is 185 Å². The summed E-state index contributed by atoms with van der Waals surface area (Å²) in [5.74, 6) is -2.56. The number of sulfone groups is 3. The molecule has 149 heavy (non-hydrogen) atoms. The number of benzene rings is 5. The van der Waals surface area contributed by atoms with Crippen molar-refractivity contribution in [3.8, 4) is 28.4 Å². The average Bonchev–Trinajstić information content (AvgIpc) is 1.65. The topological polar surface area (TPSA) is 469 Å². The molecule has 5 amide bonds. The minimum atomic E-state index is -3.44. The maximum Gasteiger partial charge on any atom is 0.253 e. The Morgan fingerprint density at radius 3 is 0.866 bits per heavy atom. The standard InChI is InChI=1S/C22H18FN5O3S.C21H19FN6O.C21H18FN5O3S.C20H16FN5O3S.C19H13BrFN5O/c23-15-1-3-16(4-2-15)28-20-13-24-11-19(18(20)12-27-28)22(29)26-10-14-7-8-25-21(9-14)32(30,31)17-5-6-17;1-27(2)20-8-3-14(9-24-20)10-25-21(29)18-11-23-13-19-17(18)12-26-28(19)16-6-4-15(22)5-7-16;1-2-31(29,30)20-9-14(7-8-24-20)10-25-21(28)18-11-23-13-19-17(18)12-26-27(19)16-5-3-15(22)4-6-16;1-30(28,29)19-8-13(6-7-23-19)9-24-20(27)17-10-22-12-18-16(17)11-25-26(18)15-4-2-14(21)3-5-15;20-18-7-12(5-6-23-18)8-24-19(27)16-9-22-11-17-15(16)10-25-26(17)14-3-1-13(21)2-4-14/h1-4,7-9,11-13,17H,5-6,10H2,(H,26,29);3-9,11-13H,10H2,1-2H3,(H,25,29);3-9,11-13H,2,10H2,1H3,(H,25,28);2-8,10-12H,9H2,1H3,(H,24,27);1-7,9-11H,8H2,(H,24,27). The number of pyridine rings is 10. The van der Waals surface area contributed by atoms with Crippen LogP contribution in [0.4, 0.5) is 27.8 Å². The zero-order chi connectivity index (χ0) is 105. The highest BCUT2D eigenvalue weighted by Gasteiger charge is 2.38. The predicted molar refractivity (Wildman–Crippen MR) is 544 cm³/mol. The summed E-state index contributed by atoms with van der Waals surface area (Å²) in [5.41, 5.74) is 11.9. The van der Waals surface area contributed by atoms with Crippen molar-refractivity contribution in [1.29, 1.82) is 0 Å². The van der Waals surface area contributed by atoms with Crippen LogP contribution >= 0.6 is 15.9 Å². The van der Waals surface area contributed by atoms with E-state index in [2.05, 4.69) is 118 Å². The van der Waals surface area contributed by atoms with Crippen LogP contribution in [0.2, 0.25) is 0 Å². The second-order valence-electron chi connectivity index (χ2n) is 33.5. The fourth-order valence-electron chi connectivity index (χ4n) is 15.2. The molecule has 1 saturated carbocycles. The third kappa shape index (κ3) is 24.3. The molecule has 5 N–H and O–H groups in total. The minimum absolute atomic E-state index is 0.0221. The highest BCUT2D eigenvalue weighted by Crippen LogP contribution is 2.34. The molecular formula is C103H84BrF5N26O11S3. The monoisotopic (exact) mass is 2130 g/mol. The van der Waals surface area contributed by atoms with Crippen molar-refractivity contribution in [2.45, 2.75) is 72.8 Å². The van der Waals surface area contributed by atoms with Crippen molar-refractivity contribution in [3.05, 3.63) is 395 Å². The summed E-state index contributed by atoms with van der Waals surface area (Å²) in [5, 5.41) is 38.4. The van der Waals surface area contributed by atoms with E-state index in [9.17, 15) is 71.2 Å². The van der Waals surface area contributed by atoms with E-state index in [0.717, 1.165) is 23.2 Å². The van der Waals surface area contributed by atoms with Crippen LogP contribution in [0.3, 0.4) is 0 Å². The van der Waals surface area contributed by atoms with Crippen molar-refractivity contribution >= 4 is 135 Å². The summed E-state index contributed by atoms with van der Waals surface area (Å²) >= 11 is 3.31. The lowest BCUT2D eigenvalue weighted by molar-refractivity contribution is 0.0944. The number of carbonyl (C=O) groups excluding carboxylic acids is 5. The van der Waals surface area contributed by atoms with Crippen LogP contribution in [0, 0.1) is 29.1 Å². The van der Waals surface area contributed by atoms with Gasteiger partial charge >= 0.3 is 0 Å². The Kier molecular flexibility index (Phi) is 31.1. The second-order valence-corrected chi connectivity index (χ2v) is 40.7. The summed E-state index contributed by atoms with van der Waals surface area (Å²) in [6, 6.07) is 46.2. The first-order valence-corrected chi connectivity index (χ1v) is 51.2. The van der Waals surface area contributed by atoms with Gasteiger partial charge in [-0.05, 0) is 233 Å². The molecule has 0 radical (unpaired) electrons. The number of aromatic nitrogens is 20. The molecule has 46 heteroatoms. The number of halogens is 6. The summed E-state index contributed by atoms with van der Waals surface area (Å²) in [4.78, 5) is 107. The minimum Gasteiger partial charge on any atom is -0.363 e. The van der Waals surface area contributed by atoms with E-state index in [4.69, 9.17) is 0 Å². The molecule has 1 fully saturated rings. The Bertz CT molecular complexity index is 8780. The number of anilines is 1. The Labute approximate surface area is 853 Å². The Morgan fingerprint density at radius 2 is 0.597 bits per heavy atom. The number of hydrogen-bond donors (Lipinski definition) is 5. The lowest BCUT2D eigenvalue weighted by Gasteiger charge is -2.11. The second kappa shape index (κ2) is 45.2. The molecule has 752 valence electrons. The molecule has 0 unspecified atom stereocenters. The number of carbonyl (C=O) groups is 5. The molecule has 15 aromatic heterocycles. The molecule has 20 aromatic rings. The van der Waals surface area contributed by atoms with E-state index >= 15 is 0 Å². The SMILES string of the molecule is CCS(=O)(=O)c1cc(CNC(=O)c2cncc3c2cnn3-c2ccc(F)cc2)ccn1.CN(C)c1ccc(CNC(=O)c2cncc3c2cnn3-c2ccc(F)cc2)cn1.CS(=O)(=O)c1cc(CNC(=O)c2cncc3c2cnn3-c2ccc(F)cc2)ccn1.O=C(NCc1ccnc(Br)c1)c1cncc2c1cnn2-c1ccc(F)cc1.O=C(NCc1ccnc(S(=O)(=O)C2CC2)c1)c1cncc2c1cnn2-c1ccc(F)cc1. The highest BCUT2D eigenvalue weighted by atomic mass is 79.9. The Hall–Kier alpha value is -17.9. The largest absolute Gasteiger partial charge is 0.363 e. The molecule has 0 bridgehead atoms. The lowest BCUT2D eigenvalue weighted by Crippen LogP contribution is -2.23. The van der Waals surface area contributed by atoms with Crippen molar-refractivity contribution in [1.82, 2.24) is 125 Å². The van der Waals surface area contributed by atoms with Gasteiger partial charge in [-0.25, -0.2) is 95.5 Å². The molecule has 0 spiro atoms. The maximum absolute atomic E-state index is 13.2. The van der Waals surface area contributed by atoms with Gasteiger partial charge in [0, 0.05) is 142 Å². The molecule has 21 rings (SSSR count). The first-order valence-electron chi connectivity index (χ1n) is 45.3. The summed E-state index contributed by atoms with van der Waals surface area (Å²) < 4.78 is 147. The van der Waals surface area contributed by atoms with Crippen LogP contribution < -0.4 is 31.5 Å². The van der Waals surface area contributed by atoms with Crippen LogP contribution in [-0.2, 0) is 62.2 Å². The van der Waals surface area contributed by atoms with Crippen molar-refractivity contribution in [3.63, 3.8) is 0 Å². The van der Waals surface area contributed by atoms with Gasteiger partial charge in [0.1, 0.15) is 39.5 Å². The Morgan fingerprint density at radius 1 is 0.329 bits per heavy atom. The highest BCUT2D eigenvalue weighted by molar-refractivity contribution is 9.10. The smallest absolute Gasteiger partial charge is 0.253 e. The first kappa shape index (κ1) is 103. The quantitative estimate of drug-likeness (QED) is 0.0248. The summed E-state index contributed by atoms with van der Waals surface area (Å²) in [7, 11) is -6.44. The van der Waals surface area contributed by atoms with Crippen LogP contribution in [0.15, 0.2) is 326 Å². The van der Waals surface area contributed by atoms with Gasteiger partial charge in [0.15, 0.2) is 44.6 Å². The van der Waals surface area contributed by atoms with E-state index in [0.29, 0.717) is 158 Å². The zero-order valence-electron chi connectivity index (χ0n) is 79.0. The van der Waals surface area contributed by atoms with E-state index in [-0.39, 0.29) is 104 Å². The van der Waals surface area contributed by atoms with E-state index in [1.165, 1.54) is 128 Å². The number of amides is 5. The van der Waals surface area contributed by atoms with Crippen molar-refractivity contribution in [2.75, 3.05) is 31.0 Å². The van der Waals surface area contributed by atoms with Crippen LogP contribution in [0.25, 0.3) is 83.0 Å². The summed E-state index contributed by atoms with van der Waals surface area (Å²) in [6.07, 6.45) is 33.2. The van der Waals surface area contributed by atoms with Crippen LogP contribution in [0.1, 0.15) is 99.4 Å². The van der Waals surface area contributed by atoms with E-state index < -0.39 is 29.5 Å². The average molecular weight is 2130 g/mol. The molecule has 1 aliphatic rings.